The van der Waals surface area contributed by atoms with E-state index in [0.29, 0.717) is 0 Å². The number of hydrogen-bond donors (Lipinski definition) is 1. The van der Waals surface area contributed by atoms with Gasteiger partial charge in [0.05, 0.1) is 7.11 Å². The maximum atomic E-state index is 6.18. The smallest absolute Gasteiger partial charge is 0.119 e. The zero-order valence-corrected chi connectivity index (χ0v) is 10.7. The molecule has 0 amide bonds. The standard InChI is InChI=1S/C16H19NO/c1-18-15-9-5-6-13(12-15)10-11-16(17)14-7-3-2-4-8-14/h2-9,12,16H,10-11,17H2,1H3. The minimum atomic E-state index is 0.0948. The number of ether oxygens (including phenoxy) is 1. The Morgan fingerprint density at radius 1 is 1.06 bits per heavy atom. The van der Waals surface area contributed by atoms with Crippen molar-refractivity contribution in [3.63, 3.8) is 0 Å². The van der Waals surface area contributed by atoms with Crippen LogP contribution in [-0.2, 0) is 6.42 Å². The molecule has 0 saturated heterocycles. The van der Waals surface area contributed by atoms with Gasteiger partial charge in [-0.1, -0.05) is 42.5 Å². The molecule has 1 unspecified atom stereocenters. The summed E-state index contributed by atoms with van der Waals surface area (Å²) in [7, 11) is 1.69. The van der Waals surface area contributed by atoms with Crippen LogP contribution < -0.4 is 10.5 Å². The molecule has 2 aromatic rings. The van der Waals surface area contributed by atoms with Gasteiger partial charge >= 0.3 is 0 Å². The van der Waals surface area contributed by atoms with E-state index in [0.717, 1.165) is 18.6 Å². The lowest BCUT2D eigenvalue weighted by Crippen LogP contribution is -2.11. The highest BCUT2D eigenvalue weighted by Crippen LogP contribution is 2.19. The van der Waals surface area contributed by atoms with Gasteiger partial charge in [0, 0.05) is 6.04 Å². The summed E-state index contributed by atoms with van der Waals surface area (Å²) >= 11 is 0. The molecule has 0 aliphatic rings. The molecule has 0 radical (unpaired) electrons. The third kappa shape index (κ3) is 3.34. The van der Waals surface area contributed by atoms with Crippen molar-refractivity contribution in [2.24, 2.45) is 5.73 Å². The molecule has 2 nitrogen and oxygen atoms in total. The summed E-state index contributed by atoms with van der Waals surface area (Å²) in [5, 5.41) is 0. The van der Waals surface area contributed by atoms with Crippen LogP contribution in [-0.4, -0.2) is 7.11 Å². The molecular formula is C16H19NO. The third-order valence-electron chi connectivity index (χ3n) is 3.11. The van der Waals surface area contributed by atoms with Gasteiger partial charge in [-0.05, 0) is 36.1 Å². The monoisotopic (exact) mass is 241 g/mol. The normalized spacial score (nSPS) is 12.1. The lowest BCUT2D eigenvalue weighted by atomic mass is 10.00. The van der Waals surface area contributed by atoms with Crippen LogP contribution in [0.3, 0.4) is 0 Å². The Kier molecular flexibility index (Phi) is 4.37. The Morgan fingerprint density at radius 3 is 2.56 bits per heavy atom. The van der Waals surface area contributed by atoms with Crippen molar-refractivity contribution >= 4 is 0 Å². The molecule has 2 rings (SSSR count). The minimum Gasteiger partial charge on any atom is -0.497 e. The van der Waals surface area contributed by atoms with E-state index in [1.54, 1.807) is 7.11 Å². The van der Waals surface area contributed by atoms with E-state index in [9.17, 15) is 0 Å². The molecule has 0 spiro atoms. The van der Waals surface area contributed by atoms with E-state index in [-0.39, 0.29) is 6.04 Å². The molecule has 0 aliphatic carbocycles. The van der Waals surface area contributed by atoms with Crippen LogP contribution in [0.2, 0.25) is 0 Å². The van der Waals surface area contributed by atoms with E-state index < -0.39 is 0 Å². The van der Waals surface area contributed by atoms with Gasteiger partial charge in [0.1, 0.15) is 5.75 Å². The molecule has 2 aromatic carbocycles. The maximum Gasteiger partial charge on any atom is 0.119 e. The van der Waals surface area contributed by atoms with Crippen LogP contribution in [0.25, 0.3) is 0 Å². The van der Waals surface area contributed by atoms with Gasteiger partial charge in [-0.3, -0.25) is 0 Å². The van der Waals surface area contributed by atoms with E-state index in [1.165, 1.54) is 11.1 Å². The van der Waals surface area contributed by atoms with Crippen molar-refractivity contribution in [1.82, 2.24) is 0 Å². The maximum absolute atomic E-state index is 6.18. The van der Waals surface area contributed by atoms with Gasteiger partial charge in [-0.2, -0.15) is 0 Å². The largest absolute Gasteiger partial charge is 0.497 e. The summed E-state index contributed by atoms with van der Waals surface area (Å²) in [6.45, 7) is 0. The molecule has 0 bridgehead atoms. The Bertz CT molecular complexity index is 481. The summed E-state index contributed by atoms with van der Waals surface area (Å²) < 4.78 is 5.22. The second kappa shape index (κ2) is 6.22. The van der Waals surface area contributed by atoms with Crippen molar-refractivity contribution in [2.45, 2.75) is 18.9 Å². The van der Waals surface area contributed by atoms with Gasteiger partial charge in [0.2, 0.25) is 0 Å². The van der Waals surface area contributed by atoms with Gasteiger partial charge in [-0.25, -0.2) is 0 Å². The van der Waals surface area contributed by atoms with Crippen molar-refractivity contribution in [3.8, 4) is 5.75 Å². The predicted molar refractivity (Wildman–Crippen MR) is 74.7 cm³/mol. The predicted octanol–water partition coefficient (Wildman–Crippen LogP) is 3.33. The van der Waals surface area contributed by atoms with E-state index in [2.05, 4.69) is 24.3 Å². The second-order valence-electron chi connectivity index (χ2n) is 4.41. The molecule has 94 valence electrons. The van der Waals surface area contributed by atoms with Crippen molar-refractivity contribution in [2.75, 3.05) is 7.11 Å². The van der Waals surface area contributed by atoms with Crippen LogP contribution in [0.1, 0.15) is 23.6 Å². The number of benzene rings is 2. The quantitative estimate of drug-likeness (QED) is 0.871. The molecule has 18 heavy (non-hydrogen) atoms. The number of methoxy groups -OCH3 is 1. The second-order valence-corrected chi connectivity index (χ2v) is 4.41. The number of rotatable bonds is 5. The third-order valence-corrected chi connectivity index (χ3v) is 3.11. The van der Waals surface area contributed by atoms with Crippen LogP contribution >= 0.6 is 0 Å². The minimum absolute atomic E-state index is 0.0948. The number of hydrogen-bond acceptors (Lipinski definition) is 2. The first kappa shape index (κ1) is 12.7. The van der Waals surface area contributed by atoms with Crippen molar-refractivity contribution in [1.29, 1.82) is 0 Å². The number of aryl methyl sites for hydroxylation is 1. The fourth-order valence-electron chi connectivity index (χ4n) is 2.02. The Balaban J connectivity index is 1.95. The van der Waals surface area contributed by atoms with Crippen molar-refractivity contribution in [3.05, 3.63) is 65.7 Å². The Hall–Kier alpha value is -1.80. The highest BCUT2D eigenvalue weighted by molar-refractivity contribution is 5.28. The average Bonchev–Trinajstić information content (AvgIpc) is 2.46. The van der Waals surface area contributed by atoms with Gasteiger partial charge in [0.25, 0.3) is 0 Å². The summed E-state index contributed by atoms with van der Waals surface area (Å²) in [4.78, 5) is 0. The van der Waals surface area contributed by atoms with Gasteiger partial charge in [-0.15, -0.1) is 0 Å². The first-order valence-corrected chi connectivity index (χ1v) is 6.23. The fourth-order valence-corrected chi connectivity index (χ4v) is 2.02. The first-order chi connectivity index (χ1) is 8.79. The zero-order valence-electron chi connectivity index (χ0n) is 10.7. The van der Waals surface area contributed by atoms with E-state index in [1.807, 2.05) is 30.3 Å². The average molecular weight is 241 g/mol. The molecule has 0 aromatic heterocycles. The Morgan fingerprint density at radius 2 is 1.83 bits per heavy atom. The van der Waals surface area contributed by atoms with Crippen LogP contribution in [0.15, 0.2) is 54.6 Å². The van der Waals surface area contributed by atoms with Crippen LogP contribution in [0.4, 0.5) is 0 Å². The molecule has 0 saturated carbocycles. The molecule has 2 N–H and O–H groups in total. The molecule has 2 heteroatoms. The summed E-state index contributed by atoms with van der Waals surface area (Å²) in [5.74, 6) is 0.904. The molecular weight excluding hydrogens is 222 g/mol. The van der Waals surface area contributed by atoms with Crippen molar-refractivity contribution < 1.29 is 4.74 Å². The molecule has 0 fully saturated rings. The lowest BCUT2D eigenvalue weighted by molar-refractivity contribution is 0.414. The zero-order chi connectivity index (χ0) is 12.8. The molecule has 0 aliphatic heterocycles. The summed E-state index contributed by atoms with van der Waals surface area (Å²) in [6, 6.07) is 18.5. The highest BCUT2D eigenvalue weighted by Gasteiger charge is 2.05. The molecule has 1 atom stereocenters. The van der Waals surface area contributed by atoms with Crippen LogP contribution in [0.5, 0.6) is 5.75 Å². The van der Waals surface area contributed by atoms with Crippen LogP contribution in [0, 0.1) is 0 Å². The number of nitrogens with two attached hydrogens (primary N) is 1. The highest BCUT2D eigenvalue weighted by atomic mass is 16.5. The van der Waals surface area contributed by atoms with E-state index >= 15 is 0 Å². The topological polar surface area (TPSA) is 35.2 Å². The fraction of sp³-hybridized carbons (Fsp3) is 0.250. The van der Waals surface area contributed by atoms with Gasteiger partial charge < -0.3 is 10.5 Å². The summed E-state index contributed by atoms with van der Waals surface area (Å²) in [5.41, 5.74) is 8.64. The molecule has 0 heterocycles. The van der Waals surface area contributed by atoms with Gasteiger partial charge in [0.15, 0.2) is 0 Å². The SMILES string of the molecule is COc1cccc(CCC(N)c2ccccc2)c1. The first-order valence-electron chi connectivity index (χ1n) is 6.23. The lowest BCUT2D eigenvalue weighted by Gasteiger charge is -2.12. The summed E-state index contributed by atoms with van der Waals surface area (Å²) in [6.07, 6.45) is 1.91. The van der Waals surface area contributed by atoms with E-state index in [4.69, 9.17) is 10.5 Å². The Labute approximate surface area is 108 Å².